The van der Waals surface area contributed by atoms with Crippen molar-refractivity contribution in [3.05, 3.63) is 181 Å². The fraction of sp³-hybridized carbons (Fsp3) is 0.114. The number of nitrogens with zero attached hydrogens (tertiary/aromatic N) is 5. The lowest BCUT2D eigenvalue weighted by atomic mass is 9.41. The van der Waals surface area contributed by atoms with E-state index in [-0.39, 0.29) is 27.9 Å². The Kier molecular flexibility index (Phi) is 7.53. The number of fused-ring (bicyclic) bond motifs is 16. The highest BCUT2D eigenvalue weighted by molar-refractivity contribution is 8.01. The highest BCUT2D eigenvalue weighted by Crippen LogP contribution is 2.47. The van der Waals surface area contributed by atoms with Gasteiger partial charge in [0.1, 0.15) is 5.03 Å². The van der Waals surface area contributed by atoms with E-state index in [1.165, 1.54) is 52.1 Å². The molecule has 1 spiro atoms. The minimum atomic E-state index is -2.86. The van der Waals surface area contributed by atoms with Crippen LogP contribution in [0.25, 0.3) is 5.57 Å². The Morgan fingerprint density at radius 3 is 1.88 bits per heavy atom. The maximum atomic E-state index is 10.2. The highest BCUT2D eigenvalue weighted by atomic mass is 32.2. The Morgan fingerprint density at radius 1 is 0.607 bits per heavy atom. The van der Waals surface area contributed by atoms with Crippen LogP contribution in [-0.4, -0.2) is 59.9 Å². The van der Waals surface area contributed by atoms with Crippen molar-refractivity contribution in [3.8, 4) is 0 Å². The zero-order valence-corrected chi connectivity index (χ0v) is 33.5. The first-order chi connectivity index (χ1) is 28.1. The number of hydrogen-bond donors (Lipinski definition) is 0. The molecule has 8 aliphatic rings. The van der Waals surface area contributed by atoms with Crippen LogP contribution in [0.1, 0.15) is 44.1 Å². The Hall–Kier alpha value is -4.89. The Labute approximate surface area is 341 Å². The van der Waals surface area contributed by atoms with E-state index in [2.05, 4.69) is 183 Å². The zero-order valence-electron chi connectivity index (χ0n) is 31.9. The van der Waals surface area contributed by atoms with Crippen molar-refractivity contribution in [2.75, 3.05) is 0 Å². The van der Waals surface area contributed by atoms with Crippen LogP contribution in [0, 0.1) is 0 Å². The fourth-order valence-electron chi connectivity index (χ4n) is 10.4. The Morgan fingerprint density at radius 2 is 1.20 bits per heavy atom. The third kappa shape index (κ3) is 4.79. The van der Waals surface area contributed by atoms with Gasteiger partial charge >= 0.3 is 27.9 Å². The molecule has 1 saturated carbocycles. The lowest BCUT2D eigenvalue weighted by molar-refractivity contribution is 0.622. The average Bonchev–Trinajstić information content (AvgIpc) is 3.72. The van der Waals surface area contributed by atoms with Crippen molar-refractivity contribution >= 4 is 85.8 Å². The molecule has 1 saturated heterocycles. The van der Waals surface area contributed by atoms with Crippen LogP contribution in [0.5, 0.6) is 0 Å². The molecule has 1 aliphatic carbocycles. The summed E-state index contributed by atoms with van der Waals surface area (Å²) in [5, 5.41) is 6.78. The summed E-state index contributed by atoms with van der Waals surface area (Å²) in [6, 6.07) is 27.6. The van der Waals surface area contributed by atoms with Crippen LogP contribution in [0.4, 0.5) is 0 Å². The summed E-state index contributed by atoms with van der Waals surface area (Å²) in [5.41, 5.74) is 3.63. The van der Waals surface area contributed by atoms with Gasteiger partial charge in [0, 0.05) is 22.3 Å². The van der Waals surface area contributed by atoms with E-state index in [1.54, 1.807) is 0 Å². The minimum Gasteiger partial charge on any atom is -0.423 e. The molecule has 0 bridgehead atoms. The van der Waals surface area contributed by atoms with Crippen molar-refractivity contribution in [2.45, 2.75) is 51.3 Å². The molecule has 2 fully saturated rings. The van der Waals surface area contributed by atoms with Crippen molar-refractivity contribution in [3.63, 3.8) is 0 Å². The third-order valence-corrected chi connectivity index (χ3v) is 20.7. The van der Waals surface area contributed by atoms with E-state index in [0.717, 1.165) is 30.7 Å². The summed E-state index contributed by atoms with van der Waals surface area (Å²) < 4.78 is 20.2. The van der Waals surface area contributed by atoms with Gasteiger partial charge in [-0.15, -0.1) is 0 Å². The summed E-state index contributed by atoms with van der Waals surface area (Å²) in [5.74, 6) is 8.81. The number of aromatic nitrogens is 1. The highest BCUT2D eigenvalue weighted by Gasteiger charge is 2.53. The van der Waals surface area contributed by atoms with Gasteiger partial charge in [-0.1, -0.05) is 133 Å². The molecule has 0 amide bonds. The number of rotatable bonds is 2. The van der Waals surface area contributed by atoms with Crippen LogP contribution < -0.4 is 20.7 Å². The SMILES string of the molecule is [2H]C1(c2ccc3c(c2C2=CB4N5C=CC=CB5N5C=CC=CB5N5C=CC=CB5N4C=C2)Sc2ccccc2[Si]32c3ccccc3Sc3ncccc32)CCCC1. The summed E-state index contributed by atoms with van der Waals surface area (Å²) in [4.78, 5) is 9.01. The van der Waals surface area contributed by atoms with Gasteiger partial charge in [-0.05, 0) is 123 Å². The quantitative estimate of drug-likeness (QED) is 0.185. The van der Waals surface area contributed by atoms with E-state index in [0.29, 0.717) is 0 Å². The third-order valence-electron chi connectivity index (χ3n) is 12.8. The van der Waals surface area contributed by atoms with Crippen molar-refractivity contribution < 1.29 is 1.37 Å². The molecule has 1 atom stereocenters. The normalized spacial score (nSPS) is 23.1. The Balaban J connectivity index is 1.12. The van der Waals surface area contributed by atoms with E-state index in [4.69, 9.17) is 4.98 Å². The van der Waals surface area contributed by atoms with Gasteiger partial charge in [0.05, 0.1) is 0 Å². The van der Waals surface area contributed by atoms with Crippen LogP contribution in [0.15, 0.2) is 190 Å². The van der Waals surface area contributed by atoms with Gasteiger partial charge in [0.2, 0.25) is 0 Å². The molecule has 0 N–H and O–H groups in total. The average molecular weight is 772 g/mol. The molecule has 12 heteroatoms. The standard InChI is InChI=1S/C44H37B4N5S2Si/c1-2-15-33(14-1)35-21-22-40-43(54-36-16-3-5-18-38(36)56(40)39-19-6-4-17-37(39)55-44-41(56)20-13-27-49-44)42(35)34-23-31-53-47-26-8-11-29-51(47)45-24-7-10-28-50(45)46-25-9-12-30-52(46)48(53)32-34/h3-13,16-33H,1-2,14-15H2/i33D. The van der Waals surface area contributed by atoms with Crippen molar-refractivity contribution in [2.24, 2.45) is 0 Å². The second-order valence-electron chi connectivity index (χ2n) is 15.5. The largest absolute Gasteiger partial charge is 0.423 e. The maximum absolute atomic E-state index is 10.2. The zero-order chi connectivity index (χ0) is 37.7. The molecular formula is C44H37B4N5S2Si. The smallest absolute Gasteiger partial charge is 0.381 e. The van der Waals surface area contributed by atoms with E-state index in [1.807, 2.05) is 29.7 Å². The second kappa shape index (κ2) is 13.1. The summed E-state index contributed by atoms with van der Waals surface area (Å²) in [6.45, 7) is 0.000498. The summed E-state index contributed by atoms with van der Waals surface area (Å²) >= 11 is 3.74. The fourth-order valence-corrected chi connectivity index (χ4v) is 19.6. The van der Waals surface area contributed by atoms with Crippen LogP contribution in [-0.2, 0) is 0 Å². The first-order valence-corrected chi connectivity index (χ1v) is 23.5. The number of pyridine rings is 1. The maximum Gasteiger partial charge on any atom is 0.381 e. The van der Waals surface area contributed by atoms with E-state index >= 15 is 0 Å². The molecule has 266 valence electrons. The molecule has 0 radical (unpaired) electrons. The monoisotopic (exact) mass is 772 g/mol. The number of benzene rings is 3. The van der Waals surface area contributed by atoms with E-state index < -0.39 is 14.0 Å². The Bertz CT molecular complexity index is 2530. The number of allylic oxidation sites excluding steroid dienone is 8. The molecule has 5 nitrogen and oxygen atoms in total. The molecule has 12 rings (SSSR count). The van der Waals surface area contributed by atoms with Crippen molar-refractivity contribution in [1.82, 2.24) is 23.9 Å². The second-order valence-corrected chi connectivity index (χ2v) is 21.3. The predicted octanol–water partition coefficient (Wildman–Crippen LogP) is 6.54. The molecule has 1 aromatic heterocycles. The molecule has 4 aromatic rings. The van der Waals surface area contributed by atoms with Crippen LogP contribution >= 0.6 is 23.5 Å². The van der Waals surface area contributed by atoms with Gasteiger partial charge in [0.15, 0.2) is 8.07 Å². The summed E-state index contributed by atoms with van der Waals surface area (Å²) in [6.07, 6.45) is 30.4. The molecule has 3 aromatic carbocycles. The molecule has 56 heavy (non-hydrogen) atoms. The predicted molar refractivity (Wildman–Crippen MR) is 240 cm³/mol. The van der Waals surface area contributed by atoms with Gasteiger partial charge in [-0.25, -0.2) is 4.98 Å². The van der Waals surface area contributed by atoms with Crippen molar-refractivity contribution in [1.29, 1.82) is 0 Å². The lowest BCUT2D eigenvalue weighted by Crippen LogP contribution is -2.78. The first kappa shape index (κ1) is 32.2. The molecular weight excluding hydrogens is 734 g/mol. The van der Waals surface area contributed by atoms with E-state index in [9.17, 15) is 1.37 Å². The van der Waals surface area contributed by atoms with Crippen LogP contribution in [0.3, 0.4) is 0 Å². The van der Waals surface area contributed by atoms with Gasteiger partial charge < -0.3 is 18.9 Å². The lowest BCUT2D eigenvalue weighted by Gasteiger charge is -2.53. The molecule has 8 heterocycles. The van der Waals surface area contributed by atoms with Crippen LogP contribution in [0.2, 0.25) is 0 Å². The number of hydrogen-bond acceptors (Lipinski definition) is 7. The van der Waals surface area contributed by atoms with Gasteiger partial charge in [0.25, 0.3) is 0 Å². The topological polar surface area (TPSA) is 25.9 Å². The summed E-state index contributed by atoms with van der Waals surface area (Å²) in [7, 11) is -2.86. The first-order valence-electron chi connectivity index (χ1n) is 20.4. The van der Waals surface area contributed by atoms with Gasteiger partial charge in [-0.3, -0.25) is 0 Å². The molecule has 1 unspecified atom stereocenters. The van der Waals surface area contributed by atoms with Gasteiger partial charge in [-0.2, -0.15) is 0 Å². The minimum absolute atomic E-state index is 0.0108. The molecule has 7 aliphatic heterocycles.